The number of carbonyl (C=O) groups is 1. The number of amides is 1. The molecule has 3 N–H and O–H groups in total. The van der Waals surface area contributed by atoms with Crippen molar-refractivity contribution in [3.05, 3.63) is 56.9 Å². The highest BCUT2D eigenvalue weighted by Gasteiger charge is 2.18. The van der Waals surface area contributed by atoms with Gasteiger partial charge < -0.3 is 11.1 Å². The predicted molar refractivity (Wildman–Crippen MR) is 91.0 cm³/mol. The van der Waals surface area contributed by atoms with E-state index in [-0.39, 0.29) is 17.4 Å². The minimum atomic E-state index is -0.361. The van der Waals surface area contributed by atoms with Crippen LogP contribution in [0.5, 0.6) is 0 Å². The summed E-state index contributed by atoms with van der Waals surface area (Å²) in [5.41, 5.74) is 7.71. The van der Waals surface area contributed by atoms with Crippen LogP contribution in [-0.2, 0) is 6.54 Å². The van der Waals surface area contributed by atoms with E-state index in [4.69, 9.17) is 17.3 Å². The molecule has 6 nitrogen and oxygen atoms in total. The molecular weight excluding hydrogens is 334 g/mol. The van der Waals surface area contributed by atoms with Gasteiger partial charge in [0.15, 0.2) is 11.5 Å². The first-order valence-electron chi connectivity index (χ1n) is 6.84. The lowest BCUT2D eigenvalue weighted by molar-refractivity contribution is 0.0947. The lowest BCUT2D eigenvalue weighted by atomic mass is 10.2. The molecular formula is C15H14ClN5OS. The van der Waals surface area contributed by atoms with Gasteiger partial charge >= 0.3 is 0 Å². The quantitative estimate of drug-likeness (QED) is 0.759. The van der Waals surface area contributed by atoms with Crippen LogP contribution in [0.1, 0.15) is 20.9 Å². The van der Waals surface area contributed by atoms with Crippen LogP contribution in [0.4, 0.5) is 5.82 Å². The van der Waals surface area contributed by atoms with Crippen LogP contribution >= 0.6 is 22.9 Å². The van der Waals surface area contributed by atoms with Gasteiger partial charge in [-0.15, -0.1) is 16.4 Å². The molecule has 23 heavy (non-hydrogen) atoms. The zero-order chi connectivity index (χ0) is 16.4. The van der Waals surface area contributed by atoms with Crippen molar-refractivity contribution >= 4 is 34.7 Å². The maximum atomic E-state index is 12.2. The highest BCUT2D eigenvalue weighted by Crippen LogP contribution is 2.21. The van der Waals surface area contributed by atoms with Crippen molar-refractivity contribution < 1.29 is 4.79 Å². The Balaban J connectivity index is 1.80. The zero-order valence-electron chi connectivity index (χ0n) is 12.3. The Bertz CT molecular complexity index is 844. The lowest BCUT2D eigenvalue weighted by Gasteiger charge is -2.06. The Hall–Kier alpha value is -2.38. The fraction of sp³-hybridized carbons (Fsp3) is 0.133. The first-order chi connectivity index (χ1) is 11.1. The van der Waals surface area contributed by atoms with Crippen molar-refractivity contribution in [1.82, 2.24) is 20.3 Å². The van der Waals surface area contributed by atoms with E-state index < -0.39 is 0 Å². The average Bonchev–Trinajstić information content (AvgIpc) is 3.17. The van der Waals surface area contributed by atoms with Gasteiger partial charge in [0.25, 0.3) is 5.91 Å². The molecule has 2 aromatic heterocycles. The van der Waals surface area contributed by atoms with E-state index in [2.05, 4.69) is 15.6 Å². The molecule has 0 radical (unpaired) electrons. The van der Waals surface area contributed by atoms with Gasteiger partial charge in [-0.1, -0.05) is 28.9 Å². The van der Waals surface area contributed by atoms with Crippen LogP contribution in [0.15, 0.2) is 35.7 Å². The number of carbonyl (C=O) groups excluding carboxylic acids is 1. The Kier molecular flexibility index (Phi) is 4.31. The standard InChI is InChI=1S/C15H14ClN5OS/c1-9-4-5-10(7-12(9)16)21-14(17)13(19-20-21)15(22)18-8-11-3-2-6-23-11/h2-7H,8,17H2,1H3,(H,18,22). The SMILES string of the molecule is Cc1ccc(-n2nnc(C(=O)NCc3cccs3)c2N)cc1Cl. The number of aryl methyl sites for hydroxylation is 1. The van der Waals surface area contributed by atoms with Crippen LogP contribution in [0.2, 0.25) is 5.02 Å². The van der Waals surface area contributed by atoms with E-state index in [9.17, 15) is 4.79 Å². The molecule has 118 valence electrons. The van der Waals surface area contributed by atoms with Gasteiger partial charge in [0.1, 0.15) is 0 Å². The fourth-order valence-corrected chi connectivity index (χ4v) is 2.84. The molecule has 3 rings (SSSR count). The monoisotopic (exact) mass is 347 g/mol. The van der Waals surface area contributed by atoms with Crippen molar-refractivity contribution in [2.24, 2.45) is 0 Å². The number of aromatic nitrogens is 3. The van der Waals surface area contributed by atoms with Gasteiger partial charge in [-0.25, -0.2) is 0 Å². The molecule has 0 spiro atoms. The molecule has 0 aliphatic carbocycles. The number of nitrogens with one attached hydrogen (secondary N) is 1. The summed E-state index contributed by atoms with van der Waals surface area (Å²) in [6.07, 6.45) is 0. The second kappa shape index (κ2) is 6.39. The van der Waals surface area contributed by atoms with Crippen molar-refractivity contribution in [2.45, 2.75) is 13.5 Å². The first-order valence-corrected chi connectivity index (χ1v) is 8.10. The molecule has 2 heterocycles. The Labute approximate surface area is 141 Å². The number of hydrogen-bond donors (Lipinski definition) is 2. The van der Waals surface area contributed by atoms with Crippen LogP contribution < -0.4 is 11.1 Å². The summed E-state index contributed by atoms with van der Waals surface area (Å²) in [6.45, 7) is 2.33. The maximum absolute atomic E-state index is 12.2. The largest absolute Gasteiger partial charge is 0.382 e. The lowest BCUT2D eigenvalue weighted by Crippen LogP contribution is -2.23. The molecule has 0 bridgehead atoms. The van der Waals surface area contributed by atoms with Crippen molar-refractivity contribution in [3.63, 3.8) is 0 Å². The average molecular weight is 348 g/mol. The Morgan fingerprint density at radius 1 is 1.43 bits per heavy atom. The number of hydrogen-bond acceptors (Lipinski definition) is 5. The summed E-state index contributed by atoms with van der Waals surface area (Å²) in [5, 5.41) is 13.2. The molecule has 1 aromatic carbocycles. The summed E-state index contributed by atoms with van der Waals surface area (Å²) >= 11 is 7.68. The predicted octanol–water partition coefficient (Wildman–Crippen LogP) is 2.80. The van der Waals surface area contributed by atoms with Crippen LogP contribution in [0, 0.1) is 6.92 Å². The third-order valence-corrected chi connectivity index (χ3v) is 4.61. The summed E-state index contributed by atoms with van der Waals surface area (Å²) < 4.78 is 1.39. The molecule has 0 aliphatic heterocycles. The van der Waals surface area contributed by atoms with Gasteiger partial charge in [0, 0.05) is 9.90 Å². The minimum Gasteiger partial charge on any atom is -0.382 e. The van der Waals surface area contributed by atoms with Crippen LogP contribution in [-0.4, -0.2) is 20.9 Å². The van der Waals surface area contributed by atoms with E-state index in [1.165, 1.54) is 4.68 Å². The van der Waals surface area contributed by atoms with Gasteiger partial charge in [-0.2, -0.15) is 4.68 Å². The number of nitrogens with two attached hydrogens (primary N) is 1. The number of nitrogens with zero attached hydrogens (tertiary/aromatic N) is 3. The topological polar surface area (TPSA) is 85.8 Å². The number of rotatable bonds is 4. The molecule has 0 unspecified atom stereocenters. The summed E-state index contributed by atoms with van der Waals surface area (Å²) in [6, 6.07) is 9.28. The van der Waals surface area contributed by atoms with Gasteiger partial charge in [-0.05, 0) is 36.1 Å². The van der Waals surface area contributed by atoms with Crippen molar-refractivity contribution in [2.75, 3.05) is 5.73 Å². The number of benzene rings is 1. The summed E-state index contributed by atoms with van der Waals surface area (Å²) in [7, 11) is 0. The third kappa shape index (κ3) is 3.20. The highest BCUT2D eigenvalue weighted by molar-refractivity contribution is 7.09. The summed E-state index contributed by atoms with van der Waals surface area (Å²) in [5.74, 6) is -0.186. The fourth-order valence-electron chi connectivity index (χ4n) is 2.02. The number of nitrogen functional groups attached to an aromatic ring is 1. The van der Waals surface area contributed by atoms with Gasteiger partial charge in [0.05, 0.1) is 12.2 Å². The molecule has 0 aliphatic rings. The molecule has 0 fully saturated rings. The molecule has 1 amide bonds. The van der Waals surface area contributed by atoms with Crippen molar-refractivity contribution in [3.8, 4) is 5.69 Å². The maximum Gasteiger partial charge on any atom is 0.276 e. The molecule has 0 saturated carbocycles. The van der Waals surface area contributed by atoms with Crippen LogP contribution in [0.25, 0.3) is 5.69 Å². The molecule has 0 atom stereocenters. The third-order valence-electron chi connectivity index (χ3n) is 3.32. The Morgan fingerprint density at radius 2 is 2.26 bits per heavy atom. The highest BCUT2D eigenvalue weighted by atomic mass is 35.5. The molecule has 0 saturated heterocycles. The normalized spacial score (nSPS) is 10.7. The van der Waals surface area contributed by atoms with E-state index in [1.54, 1.807) is 17.4 Å². The van der Waals surface area contributed by atoms with E-state index in [1.807, 2.05) is 36.6 Å². The molecule has 3 aromatic rings. The Morgan fingerprint density at radius 3 is 2.96 bits per heavy atom. The van der Waals surface area contributed by atoms with Gasteiger partial charge in [0.2, 0.25) is 0 Å². The zero-order valence-corrected chi connectivity index (χ0v) is 13.9. The summed E-state index contributed by atoms with van der Waals surface area (Å²) in [4.78, 5) is 13.2. The number of anilines is 1. The minimum absolute atomic E-state index is 0.0956. The first kappa shape index (κ1) is 15.5. The number of thiophene rings is 1. The molecule has 8 heteroatoms. The van der Waals surface area contributed by atoms with E-state index in [0.29, 0.717) is 17.3 Å². The second-order valence-electron chi connectivity index (χ2n) is 4.93. The smallest absolute Gasteiger partial charge is 0.276 e. The van der Waals surface area contributed by atoms with Crippen molar-refractivity contribution in [1.29, 1.82) is 0 Å². The van der Waals surface area contributed by atoms with Crippen LogP contribution in [0.3, 0.4) is 0 Å². The van der Waals surface area contributed by atoms with Gasteiger partial charge in [-0.3, -0.25) is 4.79 Å². The number of halogens is 1. The van der Waals surface area contributed by atoms with E-state index >= 15 is 0 Å². The second-order valence-corrected chi connectivity index (χ2v) is 6.37. The van der Waals surface area contributed by atoms with E-state index in [0.717, 1.165) is 10.4 Å².